The average molecular weight is 834 g/mol. The number of hydrogen-bond acceptors (Lipinski definition) is 4. The number of rotatable bonds is 5. The minimum Gasteiger partial charge on any atom is -0.486 e. The third-order valence-electron chi connectivity index (χ3n) is 7.94. The van der Waals surface area contributed by atoms with Crippen LogP contribution >= 0.6 is 0 Å². The second-order valence-electron chi connectivity index (χ2n) is 13.9. The van der Waals surface area contributed by atoms with Gasteiger partial charge in [0, 0.05) is 50.8 Å². The van der Waals surface area contributed by atoms with E-state index >= 15 is 0 Å². The van der Waals surface area contributed by atoms with Gasteiger partial charge in [-0.15, -0.1) is 53.6 Å². The number of nitrogens with zero attached hydrogens (tertiary/aromatic N) is 4. The van der Waals surface area contributed by atoms with Crippen molar-refractivity contribution in [3.05, 3.63) is 108 Å². The third-order valence-corrected chi connectivity index (χ3v) is 9.96. The maximum absolute atomic E-state index is 8.79. The topological polar surface area (TPSA) is 56.7 Å². The molecule has 7 heteroatoms. The maximum Gasteiger partial charge on any atom is 0.216 e. The molecule has 4 heterocycles. The first-order valence-corrected chi connectivity index (χ1v) is 19.5. The molecule has 7 rings (SSSR count). The molecule has 0 bridgehead atoms. The zero-order chi connectivity index (χ0) is 37.8. The summed E-state index contributed by atoms with van der Waals surface area (Å²) in [5.41, 5.74) is 6.98. The van der Waals surface area contributed by atoms with Gasteiger partial charge < -0.3 is 14.0 Å². The predicted octanol–water partition coefficient (Wildman–Crippen LogP) is 10.1. The molecular weight excluding hydrogens is 785 g/mol. The van der Waals surface area contributed by atoms with Gasteiger partial charge in [0.15, 0.2) is 0 Å². The van der Waals surface area contributed by atoms with E-state index in [0.717, 1.165) is 56.2 Å². The molecule has 0 aliphatic rings. The fourth-order valence-electron chi connectivity index (χ4n) is 5.76. The fraction of sp³-hybridized carbons (Fsp3) is 0.293. The van der Waals surface area contributed by atoms with E-state index in [1.54, 1.807) is 18.3 Å². The van der Waals surface area contributed by atoms with Crippen molar-refractivity contribution in [2.75, 3.05) is 0 Å². The van der Waals surface area contributed by atoms with E-state index in [0.29, 0.717) is 22.5 Å². The summed E-state index contributed by atoms with van der Waals surface area (Å²) in [5, 5.41) is 3.08. The number of hydrogen-bond donors (Lipinski definition) is 0. The zero-order valence-corrected chi connectivity index (χ0v) is 32.1. The maximum atomic E-state index is 8.79. The molecule has 0 N–H and O–H groups in total. The third kappa shape index (κ3) is 7.39. The average Bonchev–Trinajstić information content (AvgIpc) is 3.64. The Bertz CT molecular complexity index is 2410. The van der Waals surface area contributed by atoms with E-state index in [2.05, 4.69) is 65.4 Å². The number of para-hydroxylation sites is 2. The summed E-state index contributed by atoms with van der Waals surface area (Å²) >= 11 is 0. The van der Waals surface area contributed by atoms with Crippen LogP contribution in [0.5, 0.6) is 0 Å². The van der Waals surface area contributed by atoms with Gasteiger partial charge in [0.1, 0.15) is 0 Å². The second-order valence-corrected chi connectivity index (χ2v) is 18.9. The van der Waals surface area contributed by atoms with Crippen LogP contribution in [0.2, 0.25) is 19.6 Å². The molecular formula is C41H44IrN4OSi-2. The van der Waals surface area contributed by atoms with Crippen LogP contribution in [-0.2, 0) is 33.0 Å². The molecule has 0 atom stereocenters. The number of pyridine rings is 2. The molecule has 0 saturated carbocycles. The SMILES string of the molecule is CCn1c(-c2[c-]ccc3c2oc2nc(C)ccc23)nc2ccccc21.[2H]C([2H])([2H])c1c[c-]c(-c2cc(C([2H])([2H])C(C)(C)C)c([Si](C)(C)C)cn2)cc1.[Ir]. The summed E-state index contributed by atoms with van der Waals surface area (Å²) in [5.74, 6) is 0.880. The molecule has 5 nitrogen and oxygen atoms in total. The number of aromatic nitrogens is 4. The van der Waals surface area contributed by atoms with Crippen molar-refractivity contribution in [2.24, 2.45) is 5.41 Å². The van der Waals surface area contributed by atoms with E-state index in [9.17, 15) is 0 Å². The summed E-state index contributed by atoms with van der Waals surface area (Å²) < 4.78 is 48.3. The number of furan rings is 1. The summed E-state index contributed by atoms with van der Waals surface area (Å²) in [7, 11) is -1.81. The van der Waals surface area contributed by atoms with Crippen LogP contribution < -0.4 is 5.19 Å². The Hall–Kier alpha value is -3.90. The fourth-order valence-corrected chi connectivity index (χ4v) is 7.15. The van der Waals surface area contributed by atoms with Crippen molar-refractivity contribution < 1.29 is 31.4 Å². The van der Waals surface area contributed by atoms with E-state index in [1.165, 1.54) is 6.07 Å². The van der Waals surface area contributed by atoms with Crippen LogP contribution in [-0.4, -0.2) is 27.6 Å². The molecule has 0 saturated heterocycles. The molecule has 1 radical (unpaired) electrons. The normalized spacial score (nSPS) is 14.0. The van der Waals surface area contributed by atoms with Crippen molar-refractivity contribution in [1.29, 1.82) is 0 Å². The van der Waals surface area contributed by atoms with Crippen LogP contribution in [0.3, 0.4) is 0 Å². The minimum atomic E-state index is -2.17. The van der Waals surface area contributed by atoms with Crippen LogP contribution in [0.25, 0.3) is 55.7 Å². The first-order valence-electron chi connectivity index (χ1n) is 18.5. The molecule has 3 aromatic carbocycles. The summed E-state index contributed by atoms with van der Waals surface area (Å²) in [4.78, 5) is 13.9. The molecule has 0 fully saturated rings. The van der Waals surface area contributed by atoms with Crippen LogP contribution in [0.4, 0.5) is 0 Å². The van der Waals surface area contributed by atoms with Gasteiger partial charge in [0.05, 0.1) is 30.5 Å². The second kappa shape index (κ2) is 13.9. The predicted molar refractivity (Wildman–Crippen MR) is 199 cm³/mol. The van der Waals surface area contributed by atoms with E-state index in [-0.39, 0.29) is 25.7 Å². The summed E-state index contributed by atoms with van der Waals surface area (Å²) in [6.45, 7) is 15.0. The Balaban J connectivity index is 0.000000201. The molecule has 0 amide bonds. The van der Waals surface area contributed by atoms with Crippen molar-refractivity contribution in [3.8, 4) is 22.6 Å². The quantitative estimate of drug-likeness (QED) is 0.128. The number of imidazole rings is 1. The standard InChI is InChI=1S/C21H16N3O.C20H28NSi.Ir/c1-3-24-18-10-5-4-9-17(18)23-20(24)16-8-6-7-14-15-12-11-13(2)22-21(15)25-19(14)16;1-15-8-10-16(11-9-15)18-12-17(13-20(2,3)4)19(14-21-18)22(5,6)7;/h4-7,9-12H,3H2,1-2H3;8-10,12,14H,13H2,1-7H3;/q2*-1;/i;1D3,13D2;. The van der Waals surface area contributed by atoms with Gasteiger partial charge in [-0.05, 0) is 60.8 Å². The molecule has 249 valence electrons. The molecule has 0 spiro atoms. The Kier molecular flexibility index (Phi) is 8.42. The van der Waals surface area contributed by atoms with Gasteiger partial charge in [0.25, 0.3) is 0 Å². The molecule has 7 aromatic rings. The summed E-state index contributed by atoms with van der Waals surface area (Å²) in [6.07, 6.45) is 0.269. The Morgan fingerprint density at radius 2 is 1.77 bits per heavy atom. The van der Waals surface area contributed by atoms with E-state index in [4.69, 9.17) is 16.3 Å². The van der Waals surface area contributed by atoms with Gasteiger partial charge in [-0.2, -0.15) is 0 Å². The van der Waals surface area contributed by atoms with Crippen molar-refractivity contribution in [3.63, 3.8) is 0 Å². The minimum absolute atomic E-state index is 0. The van der Waals surface area contributed by atoms with Crippen molar-refractivity contribution in [1.82, 2.24) is 19.5 Å². The van der Waals surface area contributed by atoms with Gasteiger partial charge in [-0.1, -0.05) is 82.0 Å². The largest absolute Gasteiger partial charge is 0.486 e. The first-order chi connectivity index (χ1) is 24.3. The van der Waals surface area contributed by atoms with Gasteiger partial charge in [0.2, 0.25) is 5.71 Å². The Morgan fingerprint density at radius 1 is 0.979 bits per heavy atom. The number of benzene rings is 3. The van der Waals surface area contributed by atoms with Crippen LogP contribution in [0.15, 0.2) is 83.4 Å². The van der Waals surface area contributed by atoms with Crippen LogP contribution in [0, 0.1) is 31.3 Å². The number of fused-ring (bicyclic) bond motifs is 4. The van der Waals surface area contributed by atoms with E-state index < -0.39 is 26.7 Å². The molecule has 48 heavy (non-hydrogen) atoms. The molecule has 0 unspecified atom stereocenters. The van der Waals surface area contributed by atoms with Gasteiger partial charge in [-0.3, -0.25) is 4.98 Å². The van der Waals surface area contributed by atoms with Crippen molar-refractivity contribution >= 4 is 46.4 Å². The Labute approximate surface area is 306 Å². The molecule has 0 aliphatic heterocycles. The smallest absolute Gasteiger partial charge is 0.216 e. The monoisotopic (exact) mass is 834 g/mol. The van der Waals surface area contributed by atoms with Crippen molar-refractivity contribution in [2.45, 2.75) is 74.0 Å². The number of aryl methyl sites for hydroxylation is 3. The zero-order valence-electron chi connectivity index (χ0n) is 33.7. The Morgan fingerprint density at radius 3 is 2.46 bits per heavy atom. The molecule has 4 aromatic heterocycles. The van der Waals surface area contributed by atoms with Gasteiger partial charge >= 0.3 is 0 Å². The first kappa shape index (κ1) is 29.1. The van der Waals surface area contributed by atoms with Crippen LogP contribution in [0.1, 0.15) is 51.4 Å². The van der Waals surface area contributed by atoms with Gasteiger partial charge in [-0.25, -0.2) is 4.98 Å². The summed E-state index contributed by atoms with van der Waals surface area (Å²) in [6, 6.07) is 29.1. The molecule has 0 aliphatic carbocycles. The van der Waals surface area contributed by atoms with E-state index in [1.807, 2.05) is 70.2 Å².